The van der Waals surface area contributed by atoms with Crippen molar-refractivity contribution < 1.29 is 18.8 Å². The maximum absolute atomic E-state index is 13.3. The summed E-state index contributed by atoms with van der Waals surface area (Å²) in [5.74, 6) is 0.733. The van der Waals surface area contributed by atoms with Gasteiger partial charge in [-0.1, -0.05) is 47.6 Å². The number of carbonyl (C=O) groups excluding carboxylic acids is 2. The highest BCUT2D eigenvalue weighted by atomic mass is 16.5. The number of aromatic nitrogens is 2. The molecule has 1 aliphatic rings. The molecule has 1 aliphatic heterocycles. The minimum Gasteiger partial charge on any atom is -0.493 e. The van der Waals surface area contributed by atoms with Gasteiger partial charge in [0.25, 0.3) is 5.91 Å². The van der Waals surface area contributed by atoms with Crippen LogP contribution in [0, 0.1) is 0 Å². The van der Waals surface area contributed by atoms with Gasteiger partial charge in [0.2, 0.25) is 17.6 Å². The van der Waals surface area contributed by atoms with Gasteiger partial charge in [-0.15, -0.1) is 0 Å². The van der Waals surface area contributed by atoms with E-state index in [0.29, 0.717) is 42.7 Å². The Morgan fingerprint density at radius 1 is 1.20 bits per heavy atom. The maximum atomic E-state index is 13.3. The quantitative estimate of drug-likeness (QED) is 0.675. The number of amides is 2. The molecule has 1 fully saturated rings. The third-order valence-corrected chi connectivity index (χ3v) is 4.88. The lowest BCUT2D eigenvalue weighted by molar-refractivity contribution is -0.128. The van der Waals surface area contributed by atoms with Crippen molar-refractivity contribution in [3.63, 3.8) is 0 Å². The molecule has 4 rings (SSSR count). The Balaban J connectivity index is 1.58. The van der Waals surface area contributed by atoms with Crippen molar-refractivity contribution in [2.45, 2.75) is 19.4 Å². The van der Waals surface area contributed by atoms with Crippen LogP contribution in [-0.2, 0) is 11.2 Å². The number of hydrogen-bond acceptors (Lipinski definition) is 6. The van der Waals surface area contributed by atoms with Crippen LogP contribution in [0.1, 0.15) is 23.2 Å². The van der Waals surface area contributed by atoms with Crippen molar-refractivity contribution in [1.29, 1.82) is 0 Å². The van der Waals surface area contributed by atoms with E-state index in [1.165, 1.54) is 0 Å². The SMILES string of the molecule is CCOc1ccccc1C(=O)N1CCNC(=O)C1Cc1nc(-c2ccccc2)no1. The molecule has 0 spiro atoms. The number of ether oxygens (including phenoxy) is 1. The summed E-state index contributed by atoms with van der Waals surface area (Å²) < 4.78 is 11.0. The number of hydrogen-bond donors (Lipinski definition) is 1. The zero-order valence-corrected chi connectivity index (χ0v) is 16.6. The lowest BCUT2D eigenvalue weighted by atomic mass is 10.1. The Morgan fingerprint density at radius 2 is 1.97 bits per heavy atom. The normalized spacial score (nSPS) is 16.2. The first-order valence-electron chi connectivity index (χ1n) is 9.86. The average molecular weight is 406 g/mol. The van der Waals surface area contributed by atoms with Gasteiger partial charge in [0, 0.05) is 18.7 Å². The van der Waals surface area contributed by atoms with Crippen LogP contribution in [0.2, 0.25) is 0 Å². The summed E-state index contributed by atoms with van der Waals surface area (Å²) in [7, 11) is 0. The molecule has 2 aromatic carbocycles. The Bertz CT molecular complexity index is 1030. The van der Waals surface area contributed by atoms with Crippen LogP contribution >= 0.6 is 0 Å². The molecule has 1 unspecified atom stereocenters. The van der Waals surface area contributed by atoms with Gasteiger partial charge < -0.3 is 19.5 Å². The molecule has 1 aromatic heterocycles. The summed E-state index contributed by atoms with van der Waals surface area (Å²) in [5.41, 5.74) is 1.24. The predicted octanol–water partition coefficient (Wildman–Crippen LogP) is 2.32. The molecule has 3 aromatic rings. The van der Waals surface area contributed by atoms with Gasteiger partial charge in [-0.05, 0) is 19.1 Å². The molecule has 1 atom stereocenters. The number of benzene rings is 2. The summed E-state index contributed by atoms with van der Waals surface area (Å²) in [6.45, 7) is 3.07. The molecule has 0 bridgehead atoms. The van der Waals surface area contributed by atoms with Crippen molar-refractivity contribution >= 4 is 11.8 Å². The van der Waals surface area contributed by atoms with Gasteiger partial charge in [-0.2, -0.15) is 4.98 Å². The molecule has 154 valence electrons. The number of nitrogens with one attached hydrogen (secondary N) is 1. The molecule has 2 heterocycles. The molecule has 8 nitrogen and oxygen atoms in total. The Kier molecular flexibility index (Phi) is 5.74. The number of para-hydroxylation sites is 1. The highest BCUT2D eigenvalue weighted by molar-refractivity contribution is 6.00. The van der Waals surface area contributed by atoms with E-state index in [1.807, 2.05) is 43.3 Å². The van der Waals surface area contributed by atoms with E-state index < -0.39 is 6.04 Å². The summed E-state index contributed by atoms with van der Waals surface area (Å²) in [6, 6.07) is 15.7. The van der Waals surface area contributed by atoms with E-state index in [0.717, 1.165) is 5.56 Å². The van der Waals surface area contributed by atoms with Gasteiger partial charge in [-0.25, -0.2) is 0 Å². The second kappa shape index (κ2) is 8.77. The first-order chi connectivity index (χ1) is 14.7. The molecule has 1 N–H and O–H groups in total. The van der Waals surface area contributed by atoms with E-state index in [-0.39, 0.29) is 18.2 Å². The van der Waals surface area contributed by atoms with E-state index in [9.17, 15) is 9.59 Å². The largest absolute Gasteiger partial charge is 0.493 e. The molecule has 0 radical (unpaired) electrons. The van der Waals surface area contributed by atoms with Gasteiger partial charge in [0.1, 0.15) is 11.8 Å². The molecule has 0 saturated carbocycles. The van der Waals surface area contributed by atoms with Gasteiger partial charge in [-0.3, -0.25) is 9.59 Å². The lowest BCUT2D eigenvalue weighted by Crippen LogP contribution is -2.58. The predicted molar refractivity (Wildman–Crippen MR) is 109 cm³/mol. The number of rotatable bonds is 6. The van der Waals surface area contributed by atoms with Gasteiger partial charge in [0.05, 0.1) is 18.6 Å². The van der Waals surface area contributed by atoms with Crippen LogP contribution in [0.5, 0.6) is 5.75 Å². The maximum Gasteiger partial charge on any atom is 0.258 e. The Labute approximate surface area is 173 Å². The lowest BCUT2D eigenvalue weighted by Gasteiger charge is -2.34. The smallest absolute Gasteiger partial charge is 0.258 e. The van der Waals surface area contributed by atoms with Gasteiger partial charge >= 0.3 is 0 Å². The minimum absolute atomic E-state index is 0.133. The van der Waals surface area contributed by atoms with Gasteiger partial charge in [0.15, 0.2) is 0 Å². The summed E-state index contributed by atoms with van der Waals surface area (Å²) >= 11 is 0. The highest BCUT2D eigenvalue weighted by Gasteiger charge is 2.36. The first-order valence-corrected chi connectivity index (χ1v) is 9.86. The standard InChI is InChI=1S/C22H22N4O4/c1-2-29-18-11-7-6-10-16(18)22(28)26-13-12-23-21(27)17(26)14-19-24-20(25-30-19)15-8-4-3-5-9-15/h3-11,17H,2,12-14H2,1H3,(H,23,27). The van der Waals surface area contributed by atoms with Crippen molar-refractivity contribution in [3.05, 3.63) is 66.1 Å². The van der Waals surface area contributed by atoms with Crippen LogP contribution in [0.4, 0.5) is 0 Å². The van der Waals surface area contributed by atoms with Crippen LogP contribution in [0.3, 0.4) is 0 Å². The fourth-order valence-corrected chi connectivity index (χ4v) is 3.45. The summed E-state index contributed by atoms with van der Waals surface area (Å²) in [5, 5.41) is 6.82. The molecule has 2 amide bonds. The second-order valence-corrected chi connectivity index (χ2v) is 6.82. The van der Waals surface area contributed by atoms with E-state index in [1.54, 1.807) is 23.1 Å². The van der Waals surface area contributed by atoms with E-state index >= 15 is 0 Å². The van der Waals surface area contributed by atoms with Crippen LogP contribution < -0.4 is 10.1 Å². The fourth-order valence-electron chi connectivity index (χ4n) is 3.45. The van der Waals surface area contributed by atoms with Crippen molar-refractivity contribution in [2.75, 3.05) is 19.7 Å². The summed E-state index contributed by atoms with van der Waals surface area (Å²) in [6.07, 6.45) is 0.133. The second-order valence-electron chi connectivity index (χ2n) is 6.82. The Morgan fingerprint density at radius 3 is 2.77 bits per heavy atom. The first kappa shape index (κ1) is 19.6. The molecule has 30 heavy (non-hydrogen) atoms. The zero-order chi connectivity index (χ0) is 20.9. The molecule has 1 saturated heterocycles. The van der Waals surface area contributed by atoms with Crippen molar-refractivity contribution in [2.24, 2.45) is 0 Å². The van der Waals surface area contributed by atoms with Crippen LogP contribution in [0.15, 0.2) is 59.1 Å². The monoisotopic (exact) mass is 406 g/mol. The topological polar surface area (TPSA) is 97.6 Å². The van der Waals surface area contributed by atoms with Crippen LogP contribution in [0.25, 0.3) is 11.4 Å². The number of nitrogens with zero attached hydrogens (tertiary/aromatic N) is 3. The summed E-state index contributed by atoms with van der Waals surface area (Å²) in [4.78, 5) is 31.8. The fraction of sp³-hybridized carbons (Fsp3) is 0.273. The third kappa shape index (κ3) is 4.03. The van der Waals surface area contributed by atoms with Crippen molar-refractivity contribution in [3.8, 4) is 17.1 Å². The number of carbonyl (C=O) groups is 2. The molecular formula is C22H22N4O4. The molecule has 8 heteroatoms. The van der Waals surface area contributed by atoms with E-state index in [2.05, 4.69) is 15.5 Å². The highest BCUT2D eigenvalue weighted by Crippen LogP contribution is 2.23. The van der Waals surface area contributed by atoms with Crippen molar-refractivity contribution in [1.82, 2.24) is 20.4 Å². The Hall–Kier alpha value is -3.68. The molecular weight excluding hydrogens is 384 g/mol. The number of piperazine rings is 1. The molecule has 0 aliphatic carbocycles. The average Bonchev–Trinajstić information content (AvgIpc) is 3.25. The third-order valence-electron chi connectivity index (χ3n) is 4.88. The van der Waals surface area contributed by atoms with Crippen LogP contribution in [-0.4, -0.2) is 52.6 Å². The minimum atomic E-state index is -0.745. The van der Waals surface area contributed by atoms with E-state index in [4.69, 9.17) is 9.26 Å². The zero-order valence-electron chi connectivity index (χ0n) is 16.6.